The number of benzene rings is 1. The molecule has 0 bridgehead atoms. The van der Waals surface area contributed by atoms with Gasteiger partial charge in [0.1, 0.15) is 5.75 Å². The molecule has 6 heteroatoms. The monoisotopic (exact) mass is 234 g/mol. The molecule has 0 aliphatic heterocycles. The lowest BCUT2D eigenvalue weighted by Crippen LogP contribution is -2.10. The first-order valence-corrected chi connectivity index (χ1v) is 5.14. The van der Waals surface area contributed by atoms with E-state index in [0.717, 1.165) is 0 Å². The molecule has 2 aromatic rings. The van der Waals surface area contributed by atoms with Crippen LogP contribution in [0, 0.1) is 0 Å². The highest BCUT2D eigenvalue weighted by atomic mass is 16.5. The second-order valence-electron chi connectivity index (χ2n) is 3.71. The number of rotatable bonds is 4. The van der Waals surface area contributed by atoms with Crippen molar-refractivity contribution in [1.82, 2.24) is 10.1 Å². The number of anilines is 2. The lowest BCUT2D eigenvalue weighted by molar-refractivity contribution is 0.244. The van der Waals surface area contributed by atoms with Gasteiger partial charge in [0.15, 0.2) is 6.61 Å². The quantitative estimate of drug-likeness (QED) is 0.803. The Labute approximate surface area is 99.0 Å². The molecule has 0 saturated carbocycles. The van der Waals surface area contributed by atoms with Gasteiger partial charge in [-0.1, -0.05) is 12.1 Å². The normalized spacial score (nSPS) is 10.2. The van der Waals surface area contributed by atoms with Gasteiger partial charge in [-0.05, 0) is 17.3 Å². The van der Waals surface area contributed by atoms with Gasteiger partial charge in [0, 0.05) is 14.1 Å². The van der Waals surface area contributed by atoms with Gasteiger partial charge in [0.05, 0.1) is 5.69 Å². The summed E-state index contributed by atoms with van der Waals surface area (Å²) < 4.78 is 10.5. The van der Waals surface area contributed by atoms with Gasteiger partial charge in [-0.25, -0.2) is 0 Å². The number of nitrogens with zero attached hydrogens (tertiary/aromatic N) is 3. The Balaban J connectivity index is 2.00. The van der Waals surface area contributed by atoms with Crippen LogP contribution >= 0.6 is 0 Å². The molecule has 0 atom stereocenters. The number of nitrogens with two attached hydrogens (primary N) is 1. The van der Waals surface area contributed by atoms with E-state index in [9.17, 15) is 0 Å². The second-order valence-corrected chi connectivity index (χ2v) is 3.71. The van der Waals surface area contributed by atoms with Gasteiger partial charge in [-0.15, -0.1) is 0 Å². The first-order valence-electron chi connectivity index (χ1n) is 5.14. The van der Waals surface area contributed by atoms with Crippen LogP contribution in [0.15, 0.2) is 28.8 Å². The van der Waals surface area contributed by atoms with Crippen LogP contribution < -0.4 is 15.4 Å². The maximum Gasteiger partial charge on any atom is 0.266 e. The molecule has 17 heavy (non-hydrogen) atoms. The molecule has 0 unspecified atom stereocenters. The second kappa shape index (κ2) is 4.73. The van der Waals surface area contributed by atoms with Gasteiger partial charge in [-0.2, -0.15) is 4.98 Å². The van der Waals surface area contributed by atoms with Crippen molar-refractivity contribution in [1.29, 1.82) is 0 Å². The third-order valence-corrected chi connectivity index (χ3v) is 2.13. The summed E-state index contributed by atoms with van der Waals surface area (Å²) in [4.78, 5) is 5.89. The fourth-order valence-corrected chi connectivity index (χ4v) is 1.24. The van der Waals surface area contributed by atoms with Crippen LogP contribution in [0.2, 0.25) is 0 Å². The molecule has 0 aliphatic rings. The Morgan fingerprint density at radius 3 is 2.76 bits per heavy atom. The average Bonchev–Trinajstić information content (AvgIpc) is 2.77. The summed E-state index contributed by atoms with van der Waals surface area (Å²) in [6.45, 7) is 0.203. The molecule has 2 rings (SSSR count). The smallest absolute Gasteiger partial charge is 0.266 e. The van der Waals surface area contributed by atoms with E-state index in [4.69, 9.17) is 15.0 Å². The maximum absolute atomic E-state index is 5.74. The van der Waals surface area contributed by atoms with Crippen LogP contribution in [0.5, 0.6) is 5.75 Å². The molecule has 6 nitrogen and oxygen atoms in total. The Kier molecular flexibility index (Phi) is 3.13. The van der Waals surface area contributed by atoms with Crippen molar-refractivity contribution < 1.29 is 9.26 Å². The Hall–Kier alpha value is -2.24. The summed E-state index contributed by atoms with van der Waals surface area (Å²) in [6, 6.07) is 7.26. The molecule has 90 valence electrons. The molecule has 0 fully saturated rings. The summed E-state index contributed by atoms with van der Waals surface area (Å²) in [5, 5.41) is 3.78. The van der Waals surface area contributed by atoms with E-state index in [1.54, 1.807) is 17.0 Å². The Bertz CT molecular complexity index is 496. The van der Waals surface area contributed by atoms with Crippen molar-refractivity contribution in [3.05, 3.63) is 30.2 Å². The fourth-order valence-electron chi connectivity index (χ4n) is 1.24. The zero-order valence-electron chi connectivity index (χ0n) is 9.75. The van der Waals surface area contributed by atoms with Crippen LogP contribution in [0.25, 0.3) is 0 Å². The van der Waals surface area contributed by atoms with Gasteiger partial charge in [0.25, 0.3) is 11.8 Å². The number of hydrogen-bond donors (Lipinski definition) is 1. The maximum atomic E-state index is 5.74. The van der Waals surface area contributed by atoms with Gasteiger partial charge < -0.3 is 19.9 Å². The lowest BCUT2D eigenvalue weighted by Gasteiger charge is -2.05. The number of ether oxygens (including phenoxy) is 1. The minimum Gasteiger partial charge on any atom is -0.482 e. The van der Waals surface area contributed by atoms with Gasteiger partial charge in [0.2, 0.25) is 0 Å². The fraction of sp³-hybridized carbons (Fsp3) is 0.273. The highest BCUT2D eigenvalue weighted by Gasteiger charge is 2.08. The van der Waals surface area contributed by atoms with E-state index in [1.165, 1.54) is 0 Å². The summed E-state index contributed by atoms with van der Waals surface area (Å²) in [7, 11) is 3.68. The van der Waals surface area contributed by atoms with Crippen molar-refractivity contribution >= 4 is 11.6 Å². The first-order chi connectivity index (χ1) is 8.16. The number of nitrogen functional groups attached to an aromatic ring is 1. The van der Waals surface area contributed by atoms with Crippen molar-refractivity contribution in [3.8, 4) is 5.75 Å². The Morgan fingerprint density at radius 2 is 2.12 bits per heavy atom. The molecule has 0 saturated heterocycles. The van der Waals surface area contributed by atoms with Gasteiger partial charge in [-0.3, -0.25) is 0 Å². The highest BCUT2D eigenvalue weighted by molar-refractivity contribution is 5.51. The van der Waals surface area contributed by atoms with Crippen LogP contribution in [0.4, 0.5) is 11.6 Å². The molecular weight excluding hydrogens is 220 g/mol. The summed E-state index contributed by atoms with van der Waals surface area (Å²) in [5.41, 5.74) is 6.32. The molecule has 1 aromatic carbocycles. The van der Waals surface area contributed by atoms with E-state index in [1.807, 2.05) is 26.2 Å². The predicted octanol–water partition coefficient (Wildman–Crippen LogP) is 1.30. The topological polar surface area (TPSA) is 77.4 Å². The third kappa shape index (κ3) is 2.66. The number of aromatic nitrogens is 2. The summed E-state index contributed by atoms with van der Waals surface area (Å²) >= 11 is 0. The van der Waals surface area contributed by atoms with Crippen molar-refractivity contribution in [3.63, 3.8) is 0 Å². The van der Waals surface area contributed by atoms with Gasteiger partial charge >= 0.3 is 0 Å². The highest BCUT2D eigenvalue weighted by Crippen LogP contribution is 2.20. The standard InChI is InChI=1S/C11H14N4O2/c1-15(2)11-13-10(17-14-11)7-16-9-6-4-3-5-8(9)12/h3-6H,7,12H2,1-2H3. The minimum absolute atomic E-state index is 0.203. The van der Waals surface area contributed by atoms with Crippen LogP contribution in [-0.2, 0) is 6.61 Å². The van der Waals surface area contributed by atoms with E-state index in [2.05, 4.69) is 10.1 Å². The van der Waals surface area contributed by atoms with E-state index in [-0.39, 0.29) is 6.61 Å². The third-order valence-electron chi connectivity index (χ3n) is 2.13. The average molecular weight is 234 g/mol. The molecule has 0 aliphatic carbocycles. The van der Waals surface area contributed by atoms with Crippen molar-refractivity contribution in [2.24, 2.45) is 0 Å². The number of hydrogen-bond acceptors (Lipinski definition) is 6. The summed E-state index contributed by atoms with van der Waals surface area (Å²) in [5.74, 6) is 1.54. The summed E-state index contributed by atoms with van der Waals surface area (Å²) in [6.07, 6.45) is 0. The van der Waals surface area contributed by atoms with Crippen molar-refractivity contribution in [2.45, 2.75) is 6.61 Å². The van der Waals surface area contributed by atoms with E-state index in [0.29, 0.717) is 23.3 Å². The van der Waals surface area contributed by atoms with E-state index < -0.39 is 0 Å². The number of para-hydroxylation sites is 2. The van der Waals surface area contributed by atoms with Crippen LogP contribution in [0.3, 0.4) is 0 Å². The molecule has 1 aromatic heterocycles. The molecule has 0 radical (unpaired) electrons. The lowest BCUT2D eigenvalue weighted by atomic mass is 10.3. The molecule has 2 N–H and O–H groups in total. The largest absolute Gasteiger partial charge is 0.482 e. The first kappa shape index (κ1) is 11.3. The van der Waals surface area contributed by atoms with Crippen LogP contribution in [-0.4, -0.2) is 24.2 Å². The SMILES string of the molecule is CN(C)c1noc(COc2ccccc2N)n1. The predicted molar refractivity (Wildman–Crippen MR) is 63.8 cm³/mol. The van der Waals surface area contributed by atoms with E-state index >= 15 is 0 Å². The van der Waals surface area contributed by atoms with Crippen LogP contribution in [0.1, 0.15) is 5.89 Å². The molecule has 1 heterocycles. The molecule has 0 spiro atoms. The zero-order chi connectivity index (χ0) is 12.3. The zero-order valence-corrected chi connectivity index (χ0v) is 9.75. The molecule has 0 amide bonds. The minimum atomic E-state index is 0.203. The van der Waals surface area contributed by atoms with Crippen molar-refractivity contribution in [2.75, 3.05) is 24.7 Å². The molecular formula is C11H14N4O2. The Morgan fingerprint density at radius 1 is 1.35 bits per heavy atom.